The second-order valence-electron chi connectivity index (χ2n) is 8.70. The molecule has 0 N–H and O–H groups in total. The molecule has 4 unspecified atom stereocenters. The first-order valence-electron chi connectivity index (χ1n) is 11.9. The van der Waals surface area contributed by atoms with Crippen LogP contribution in [0.5, 0.6) is 0 Å². The highest BCUT2D eigenvalue weighted by Gasteiger charge is 2.50. The van der Waals surface area contributed by atoms with Crippen LogP contribution < -0.4 is 0 Å². The summed E-state index contributed by atoms with van der Waals surface area (Å²) in [6, 6.07) is 13.8. The van der Waals surface area contributed by atoms with Crippen LogP contribution in [0.1, 0.15) is 33.6 Å². The van der Waals surface area contributed by atoms with Crippen LogP contribution in [-0.4, -0.2) is 41.9 Å². The second-order valence-corrected chi connectivity index (χ2v) is 11.6. The highest BCUT2D eigenvalue weighted by atomic mass is 35.5. The van der Waals surface area contributed by atoms with Crippen molar-refractivity contribution in [2.45, 2.75) is 12.8 Å². The number of hydrogen-bond acceptors (Lipinski definition) is 8. The fourth-order valence-electron chi connectivity index (χ4n) is 4.05. The first kappa shape index (κ1) is 39.9. The molecule has 1 aliphatic rings. The number of carbonyl (C=O) groups excluding carboxylic acids is 8. The van der Waals surface area contributed by atoms with Gasteiger partial charge in [0.1, 0.15) is 0 Å². The third-order valence-corrected chi connectivity index (χ3v) is 7.81. The van der Waals surface area contributed by atoms with Crippen LogP contribution >= 0.6 is 92.8 Å². The molecule has 1 saturated carbocycles. The van der Waals surface area contributed by atoms with Crippen molar-refractivity contribution < 1.29 is 38.4 Å². The quantitative estimate of drug-likeness (QED) is 0.189. The van der Waals surface area contributed by atoms with Gasteiger partial charge in [-0.15, -0.1) is 0 Å². The van der Waals surface area contributed by atoms with Gasteiger partial charge in [-0.2, -0.15) is 0 Å². The monoisotopic (exact) mass is 762 g/mol. The lowest BCUT2D eigenvalue weighted by molar-refractivity contribution is -0.138. The van der Waals surface area contributed by atoms with E-state index in [1.165, 1.54) is 0 Å². The number of halogens is 8. The smallest absolute Gasteiger partial charge is 0.252 e. The van der Waals surface area contributed by atoms with E-state index in [9.17, 15) is 38.4 Å². The molecular weight excluding hydrogens is 748 g/mol. The van der Waals surface area contributed by atoms with Crippen LogP contribution in [0.15, 0.2) is 60.7 Å². The maximum Gasteiger partial charge on any atom is 0.252 e. The normalized spacial score (nSPS) is 18.9. The van der Waals surface area contributed by atoms with Crippen LogP contribution in [0.25, 0.3) is 11.1 Å². The molecule has 4 atom stereocenters. The fourth-order valence-corrected chi connectivity index (χ4v) is 5.49. The average molecular weight is 766 g/mol. The van der Waals surface area contributed by atoms with E-state index in [0.717, 1.165) is 23.3 Å². The van der Waals surface area contributed by atoms with E-state index >= 15 is 0 Å². The third kappa shape index (κ3) is 13.1. The van der Waals surface area contributed by atoms with Crippen molar-refractivity contribution >= 4 is 135 Å². The van der Waals surface area contributed by atoms with Crippen molar-refractivity contribution in [3.05, 3.63) is 71.8 Å². The summed E-state index contributed by atoms with van der Waals surface area (Å²) in [5.74, 6) is -4.25. The molecule has 0 aromatic heterocycles. The number of hydrogen-bond donors (Lipinski definition) is 0. The summed E-state index contributed by atoms with van der Waals surface area (Å²) >= 11 is 41.8. The first-order valence-corrected chi connectivity index (χ1v) is 14.9. The van der Waals surface area contributed by atoms with Gasteiger partial charge in [0, 0.05) is 35.1 Å². The third-order valence-electron chi connectivity index (χ3n) is 6.05. The van der Waals surface area contributed by atoms with E-state index in [4.69, 9.17) is 92.8 Å². The van der Waals surface area contributed by atoms with Crippen LogP contribution in [0.3, 0.4) is 0 Å². The summed E-state index contributed by atoms with van der Waals surface area (Å²) in [5.41, 5.74) is 2.77. The molecule has 2 aromatic rings. The topological polar surface area (TPSA) is 137 Å². The molecule has 44 heavy (non-hydrogen) atoms. The Morgan fingerprint density at radius 1 is 0.455 bits per heavy atom. The van der Waals surface area contributed by atoms with Gasteiger partial charge >= 0.3 is 0 Å². The SMILES string of the molecule is O=C(Cl)/C=C\C(=O)Cl.O=C(Cl)C1CCC(C(=O)Cl)C(C(=O)Cl)C1C(=O)Cl.O=C(Cl)c1ccc(-c2ccc(C(=O)Cl)cc2)cc1. The van der Waals surface area contributed by atoms with Crippen LogP contribution in [0, 0.1) is 23.7 Å². The highest BCUT2D eigenvalue weighted by molar-refractivity contribution is 6.70. The van der Waals surface area contributed by atoms with Gasteiger partial charge in [-0.05, 0) is 141 Å². The van der Waals surface area contributed by atoms with E-state index in [1.807, 2.05) is 0 Å². The molecule has 3 rings (SSSR count). The Kier molecular flexibility index (Phi) is 17.6. The summed E-state index contributed by atoms with van der Waals surface area (Å²) in [6.45, 7) is 0. The highest BCUT2D eigenvalue weighted by Crippen LogP contribution is 2.43. The molecule has 0 radical (unpaired) electrons. The van der Waals surface area contributed by atoms with Gasteiger partial charge in [-0.3, -0.25) is 38.4 Å². The van der Waals surface area contributed by atoms with Gasteiger partial charge in [0.05, 0.1) is 11.8 Å². The van der Waals surface area contributed by atoms with Crippen molar-refractivity contribution in [3.8, 4) is 11.1 Å². The van der Waals surface area contributed by atoms with Gasteiger partial charge in [-0.25, -0.2) is 0 Å². The lowest BCUT2D eigenvalue weighted by atomic mass is 9.68. The lowest BCUT2D eigenvalue weighted by Crippen LogP contribution is -2.44. The zero-order valence-electron chi connectivity index (χ0n) is 21.8. The second kappa shape index (κ2) is 19.4. The van der Waals surface area contributed by atoms with Crippen LogP contribution in [-0.2, 0) is 28.8 Å². The summed E-state index contributed by atoms with van der Waals surface area (Å²) in [6.07, 6.45) is 2.10. The lowest BCUT2D eigenvalue weighted by Gasteiger charge is -2.36. The molecule has 1 fully saturated rings. The van der Waals surface area contributed by atoms with Crippen LogP contribution in [0.4, 0.5) is 0 Å². The molecule has 16 heteroatoms. The Balaban J connectivity index is 0.000000356. The molecule has 8 nitrogen and oxygen atoms in total. The number of allylic oxidation sites excluding steroid dienone is 2. The predicted octanol–water partition coefficient (Wildman–Crippen LogP) is 7.49. The average Bonchev–Trinajstić information content (AvgIpc) is 2.95. The van der Waals surface area contributed by atoms with E-state index in [0.29, 0.717) is 11.1 Å². The molecular formula is C28H18Cl8O8. The Bertz CT molecular complexity index is 1350. The first-order chi connectivity index (χ1) is 20.5. The molecule has 0 spiro atoms. The molecule has 1 aliphatic carbocycles. The number of carbonyl (C=O) groups is 8. The fraction of sp³-hybridized carbons (Fsp3) is 0.214. The molecule has 2 aromatic carbocycles. The predicted molar refractivity (Wildman–Crippen MR) is 170 cm³/mol. The van der Waals surface area contributed by atoms with Crippen molar-refractivity contribution in [2.24, 2.45) is 23.7 Å². The summed E-state index contributed by atoms with van der Waals surface area (Å²) in [4.78, 5) is 86.7. The van der Waals surface area contributed by atoms with Crippen molar-refractivity contribution in [2.75, 3.05) is 0 Å². The van der Waals surface area contributed by atoms with Crippen molar-refractivity contribution in [3.63, 3.8) is 0 Å². The summed E-state index contributed by atoms with van der Waals surface area (Å²) < 4.78 is 0. The molecule has 0 bridgehead atoms. The number of benzene rings is 2. The summed E-state index contributed by atoms with van der Waals surface area (Å²) in [7, 11) is 0. The number of rotatable bonds is 9. The van der Waals surface area contributed by atoms with Gasteiger partial charge in [0.15, 0.2) is 0 Å². The van der Waals surface area contributed by atoms with Crippen molar-refractivity contribution in [1.82, 2.24) is 0 Å². The molecule has 234 valence electrons. The van der Waals surface area contributed by atoms with Crippen molar-refractivity contribution in [1.29, 1.82) is 0 Å². The Labute approximate surface area is 290 Å². The van der Waals surface area contributed by atoms with Gasteiger partial charge in [0.25, 0.3) is 10.5 Å². The van der Waals surface area contributed by atoms with Crippen LogP contribution in [0.2, 0.25) is 0 Å². The largest absolute Gasteiger partial charge is 0.281 e. The zero-order valence-corrected chi connectivity index (χ0v) is 27.8. The Morgan fingerprint density at radius 3 is 0.909 bits per heavy atom. The molecule has 0 aliphatic heterocycles. The minimum absolute atomic E-state index is 0.162. The minimum atomic E-state index is -1.21. The van der Waals surface area contributed by atoms with E-state index in [2.05, 4.69) is 0 Å². The Morgan fingerprint density at radius 2 is 0.727 bits per heavy atom. The molecule has 0 saturated heterocycles. The van der Waals surface area contributed by atoms with E-state index in [-0.39, 0.29) is 12.8 Å². The maximum absolute atomic E-state index is 11.4. The van der Waals surface area contributed by atoms with Gasteiger partial charge < -0.3 is 0 Å². The molecule has 0 heterocycles. The van der Waals surface area contributed by atoms with Gasteiger partial charge in [-0.1, -0.05) is 24.3 Å². The van der Waals surface area contributed by atoms with Gasteiger partial charge in [0.2, 0.25) is 31.5 Å². The molecule has 0 amide bonds. The van der Waals surface area contributed by atoms with E-state index in [1.54, 1.807) is 48.5 Å². The van der Waals surface area contributed by atoms with E-state index < -0.39 is 65.6 Å². The Hall–Kier alpha value is -2.14. The summed E-state index contributed by atoms with van der Waals surface area (Å²) in [5, 5.41) is -5.78. The zero-order chi connectivity index (χ0) is 33.7. The standard InChI is InChI=1S/C14H8Cl2O2.C10H8Cl4O4.C4H2Cl2O2/c15-13(17)11-5-1-9(2-6-11)10-3-7-12(8-4-10)14(16)18;11-7(15)3-1-2-4(8(12)16)6(10(14)18)5(3)9(13)17;5-3(7)1-2-4(6)8/h1-8H;3-6H,1-2H2;1-2H/b;;2-1-. The minimum Gasteiger partial charge on any atom is -0.281 e. The maximum atomic E-state index is 11.4.